The summed E-state index contributed by atoms with van der Waals surface area (Å²) in [5, 5.41) is 3.47. The van der Waals surface area contributed by atoms with Gasteiger partial charge in [-0.15, -0.1) is 0 Å². The summed E-state index contributed by atoms with van der Waals surface area (Å²) >= 11 is 0. The molecule has 5 heteroatoms. The maximum atomic E-state index is 5.86. The van der Waals surface area contributed by atoms with Gasteiger partial charge in [0.1, 0.15) is 0 Å². The van der Waals surface area contributed by atoms with Crippen molar-refractivity contribution in [2.45, 2.75) is 33.7 Å². The van der Waals surface area contributed by atoms with E-state index in [4.69, 9.17) is 9.47 Å². The van der Waals surface area contributed by atoms with E-state index in [9.17, 15) is 0 Å². The summed E-state index contributed by atoms with van der Waals surface area (Å²) in [7, 11) is 5.68. The Kier molecular flexibility index (Phi) is 7.13. The van der Waals surface area contributed by atoms with Crippen LogP contribution >= 0.6 is 0 Å². The zero-order chi connectivity index (χ0) is 19.1. The molecule has 0 aliphatic rings. The second kappa shape index (κ2) is 9.32. The zero-order valence-corrected chi connectivity index (χ0v) is 16.8. The molecule has 0 unspecified atom stereocenters. The molecule has 0 radical (unpaired) electrons. The number of aryl methyl sites for hydroxylation is 1. The number of nitrogens with one attached hydrogen (secondary N) is 1. The summed E-state index contributed by atoms with van der Waals surface area (Å²) in [6.07, 6.45) is 1.03. The van der Waals surface area contributed by atoms with Crippen molar-refractivity contribution < 1.29 is 9.47 Å². The molecule has 0 amide bonds. The van der Waals surface area contributed by atoms with Gasteiger partial charge >= 0.3 is 0 Å². The molecule has 5 nitrogen and oxygen atoms in total. The lowest BCUT2D eigenvalue weighted by atomic mass is 10.1. The molecule has 0 atom stereocenters. The van der Waals surface area contributed by atoms with Crippen LogP contribution in [-0.2, 0) is 6.54 Å². The molecule has 2 rings (SSSR count). The van der Waals surface area contributed by atoms with E-state index in [-0.39, 0.29) is 0 Å². The van der Waals surface area contributed by atoms with Crippen LogP contribution in [0.4, 0.5) is 11.5 Å². The molecule has 0 fully saturated rings. The van der Waals surface area contributed by atoms with Crippen molar-refractivity contribution in [3.63, 3.8) is 0 Å². The van der Waals surface area contributed by atoms with Crippen LogP contribution in [-0.4, -0.2) is 32.8 Å². The lowest BCUT2D eigenvalue weighted by Gasteiger charge is -2.18. The minimum atomic E-state index is 0.624. The van der Waals surface area contributed by atoms with Crippen molar-refractivity contribution in [3.8, 4) is 11.5 Å². The maximum absolute atomic E-state index is 5.86. The molecule has 0 saturated heterocycles. The summed E-state index contributed by atoms with van der Waals surface area (Å²) in [6, 6.07) is 10.2. The highest BCUT2D eigenvalue weighted by molar-refractivity contribution is 5.65. The minimum absolute atomic E-state index is 0.624. The van der Waals surface area contributed by atoms with Crippen LogP contribution < -0.4 is 19.7 Å². The first-order chi connectivity index (χ1) is 12.4. The molecule has 142 valence electrons. The van der Waals surface area contributed by atoms with Crippen LogP contribution in [0.25, 0.3) is 0 Å². The molecule has 1 heterocycles. The topological polar surface area (TPSA) is 46.6 Å². The van der Waals surface area contributed by atoms with Gasteiger partial charge in [0.05, 0.1) is 19.4 Å². The van der Waals surface area contributed by atoms with Gasteiger partial charge in [0, 0.05) is 26.3 Å². The Hall–Kier alpha value is -2.43. The van der Waals surface area contributed by atoms with E-state index in [1.54, 1.807) is 7.11 Å². The molecule has 1 aromatic heterocycles. The van der Waals surface area contributed by atoms with E-state index >= 15 is 0 Å². The van der Waals surface area contributed by atoms with Crippen molar-refractivity contribution >= 4 is 11.5 Å². The molecular formula is C21H31N3O2. The minimum Gasteiger partial charge on any atom is -0.493 e. The number of ether oxygens (including phenoxy) is 2. The van der Waals surface area contributed by atoms with Gasteiger partial charge in [0.2, 0.25) is 0 Å². The highest BCUT2D eigenvalue weighted by Crippen LogP contribution is 2.29. The Balaban J connectivity index is 2.06. The van der Waals surface area contributed by atoms with Crippen LogP contribution in [0.5, 0.6) is 11.5 Å². The Bertz CT molecular complexity index is 714. The normalized spacial score (nSPS) is 10.7. The molecule has 0 aliphatic heterocycles. The molecule has 0 saturated carbocycles. The largest absolute Gasteiger partial charge is 0.493 e. The van der Waals surface area contributed by atoms with E-state index in [0.717, 1.165) is 40.7 Å². The zero-order valence-electron chi connectivity index (χ0n) is 16.8. The Morgan fingerprint density at radius 2 is 1.88 bits per heavy atom. The van der Waals surface area contributed by atoms with E-state index in [2.05, 4.69) is 36.3 Å². The highest BCUT2D eigenvalue weighted by atomic mass is 16.5. The van der Waals surface area contributed by atoms with E-state index < -0.39 is 0 Å². The molecule has 1 aromatic carbocycles. The first-order valence-corrected chi connectivity index (χ1v) is 9.09. The number of nitrogens with zero attached hydrogens (tertiary/aromatic N) is 2. The Morgan fingerprint density at radius 1 is 1.12 bits per heavy atom. The number of methoxy groups -OCH3 is 1. The first-order valence-electron chi connectivity index (χ1n) is 9.09. The SMILES string of the molecule is COc1cc(CNc2ccc(C)nc2N(C)C)ccc1OCCC(C)C. The van der Waals surface area contributed by atoms with Crippen LogP contribution in [0.15, 0.2) is 30.3 Å². The fraction of sp³-hybridized carbons (Fsp3) is 0.476. The molecule has 0 bridgehead atoms. The molecule has 2 aromatic rings. The van der Waals surface area contributed by atoms with Crippen molar-refractivity contribution in [1.29, 1.82) is 0 Å². The lowest BCUT2D eigenvalue weighted by molar-refractivity contribution is 0.273. The van der Waals surface area contributed by atoms with Gasteiger partial charge < -0.3 is 19.7 Å². The average molecular weight is 357 g/mol. The van der Waals surface area contributed by atoms with Crippen LogP contribution in [0.3, 0.4) is 0 Å². The van der Waals surface area contributed by atoms with Crippen molar-refractivity contribution in [2.75, 3.05) is 38.0 Å². The Labute approximate surface area is 157 Å². The number of pyridine rings is 1. The Morgan fingerprint density at radius 3 is 2.54 bits per heavy atom. The number of rotatable bonds is 9. The van der Waals surface area contributed by atoms with E-state index in [1.807, 2.05) is 44.1 Å². The molecular weight excluding hydrogens is 326 g/mol. The standard InChI is InChI=1S/C21H31N3O2/c1-15(2)11-12-26-19-10-8-17(13-20(19)25-6)14-22-18-9-7-16(3)23-21(18)24(4)5/h7-10,13,15,22H,11-12,14H2,1-6H3. The third kappa shape index (κ3) is 5.55. The van der Waals surface area contributed by atoms with E-state index in [0.29, 0.717) is 19.1 Å². The number of hydrogen-bond donors (Lipinski definition) is 1. The second-order valence-corrected chi connectivity index (χ2v) is 7.09. The van der Waals surface area contributed by atoms with Gasteiger partial charge in [-0.25, -0.2) is 4.98 Å². The van der Waals surface area contributed by atoms with Crippen LogP contribution in [0.1, 0.15) is 31.5 Å². The molecule has 1 N–H and O–H groups in total. The fourth-order valence-corrected chi connectivity index (χ4v) is 2.56. The first kappa shape index (κ1) is 19.9. The maximum Gasteiger partial charge on any atom is 0.161 e. The van der Waals surface area contributed by atoms with Crippen LogP contribution in [0.2, 0.25) is 0 Å². The summed E-state index contributed by atoms with van der Waals surface area (Å²) in [4.78, 5) is 6.61. The number of hydrogen-bond acceptors (Lipinski definition) is 5. The van der Waals surface area contributed by atoms with Crippen molar-refractivity contribution in [3.05, 3.63) is 41.6 Å². The predicted octanol–water partition coefficient (Wildman–Crippen LogP) is 4.50. The van der Waals surface area contributed by atoms with Crippen molar-refractivity contribution in [1.82, 2.24) is 4.98 Å². The molecule has 26 heavy (non-hydrogen) atoms. The van der Waals surface area contributed by atoms with Gasteiger partial charge in [0.25, 0.3) is 0 Å². The van der Waals surface area contributed by atoms with Gasteiger partial charge in [-0.05, 0) is 49.1 Å². The molecule has 0 aliphatic carbocycles. The number of aromatic nitrogens is 1. The summed E-state index contributed by atoms with van der Waals surface area (Å²) in [6.45, 7) is 7.77. The third-order valence-electron chi connectivity index (χ3n) is 4.10. The summed E-state index contributed by atoms with van der Waals surface area (Å²) in [5.74, 6) is 3.12. The predicted molar refractivity (Wildman–Crippen MR) is 109 cm³/mol. The second-order valence-electron chi connectivity index (χ2n) is 7.09. The van der Waals surface area contributed by atoms with Crippen LogP contribution in [0, 0.1) is 12.8 Å². The average Bonchev–Trinajstić information content (AvgIpc) is 2.60. The van der Waals surface area contributed by atoms with Gasteiger partial charge in [-0.2, -0.15) is 0 Å². The van der Waals surface area contributed by atoms with E-state index in [1.165, 1.54) is 0 Å². The van der Waals surface area contributed by atoms with Gasteiger partial charge in [0.15, 0.2) is 17.3 Å². The lowest BCUT2D eigenvalue weighted by Crippen LogP contribution is -2.14. The highest BCUT2D eigenvalue weighted by Gasteiger charge is 2.09. The van der Waals surface area contributed by atoms with Gasteiger partial charge in [-0.3, -0.25) is 0 Å². The summed E-state index contributed by atoms with van der Waals surface area (Å²) < 4.78 is 11.4. The number of anilines is 2. The third-order valence-corrected chi connectivity index (χ3v) is 4.10. The number of benzene rings is 1. The summed E-state index contributed by atoms with van der Waals surface area (Å²) in [5.41, 5.74) is 3.14. The molecule has 0 spiro atoms. The van der Waals surface area contributed by atoms with Crippen molar-refractivity contribution in [2.24, 2.45) is 5.92 Å². The quantitative estimate of drug-likeness (QED) is 0.716. The van der Waals surface area contributed by atoms with Gasteiger partial charge in [-0.1, -0.05) is 19.9 Å². The smallest absolute Gasteiger partial charge is 0.161 e. The monoisotopic (exact) mass is 357 g/mol. The fourth-order valence-electron chi connectivity index (χ4n) is 2.56.